The van der Waals surface area contributed by atoms with Crippen LogP contribution >= 0.6 is 7.94 Å². The van der Waals surface area contributed by atoms with Gasteiger partial charge in [-0.3, -0.25) is 0 Å². The molecular formula is C20H36O4P+. The van der Waals surface area contributed by atoms with Crippen LogP contribution in [0.5, 0.6) is 0 Å². The van der Waals surface area contributed by atoms with Crippen molar-refractivity contribution in [3.05, 3.63) is 36.5 Å². The summed E-state index contributed by atoms with van der Waals surface area (Å²) < 4.78 is 0. The van der Waals surface area contributed by atoms with Crippen molar-refractivity contribution < 1.29 is 19.5 Å². The van der Waals surface area contributed by atoms with Crippen molar-refractivity contribution in [3.8, 4) is 0 Å². The van der Waals surface area contributed by atoms with Crippen molar-refractivity contribution in [1.29, 1.82) is 0 Å². The lowest BCUT2D eigenvalue weighted by Crippen LogP contribution is -2.17. The highest BCUT2D eigenvalue weighted by Gasteiger charge is 2.46. The number of carbonyl (C=O) groups excluding carboxylic acids is 1. The van der Waals surface area contributed by atoms with E-state index in [9.17, 15) is 4.79 Å². The molecule has 0 aliphatic carbocycles. The first kappa shape index (κ1) is 24.2. The van der Waals surface area contributed by atoms with E-state index in [1.807, 2.05) is 6.92 Å². The zero-order valence-electron chi connectivity index (χ0n) is 15.8. The van der Waals surface area contributed by atoms with Crippen molar-refractivity contribution in [3.63, 3.8) is 0 Å². The van der Waals surface area contributed by atoms with Crippen LogP contribution in [0.1, 0.15) is 78.1 Å². The van der Waals surface area contributed by atoms with Crippen LogP contribution in [-0.2, 0) is 4.79 Å². The zero-order valence-corrected chi connectivity index (χ0v) is 16.7. The maximum atomic E-state index is 11.6. The molecule has 0 heterocycles. The Bertz CT molecular complexity index is 422. The second-order valence-electron chi connectivity index (χ2n) is 6.30. The van der Waals surface area contributed by atoms with E-state index in [4.69, 9.17) is 14.7 Å². The van der Waals surface area contributed by atoms with E-state index in [-0.39, 0.29) is 0 Å². The molecule has 0 spiro atoms. The summed E-state index contributed by atoms with van der Waals surface area (Å²) in [6.45, 7) is 3.97. The average Bonchev–Trinajstić information content (AvgIpc) is 2.57. The van der Waals surface area contributed by atoms with Gasteiger partial charge in [-0.2, -0.15) is 14.7 Å². The molecule has 1 unspecified atom stereocenters. The van der Waals surface area contributed by atoms with Crippen LogP contribution in [-0.4, -0.2) is 20.2 Å². The molecule has 0 aliphatic heterocycles. The average molecular weight is 371 g/mol. The molecule has 144 valence electrons. The summed E-state index contributed by atoms with van der Waals surface area (Å²) in [6.07, 6.45) is 22.6. The summed E-state index contributed by atoms with van der Waals surface area (Å²) in [6, 6.07) is 0. The first-order valence-electron chi connectivity index (χ1n) is 9.50. The van der Waals surface area contributed by atoms with Crippen molar-refractivity contribution in [1.82, 2.24) is 0 Å². The first-order valence-corrected chi connectivity index (χ1v) is 11.1. The number of rotatable bonds is 15. The number of hydrogen-bond acceptors (Lipinski definition) is 4. The molecule has 0 fully saturated rings. The van der Waals surface area contributed by atoms with Crippen LogP contribution in [0.2, 0.25) is 0 Å². The fourth-order valence-corrected chi connectivity index (χ4v) is 3.38. The molecule has 0 rings (SSSR count). The Hall–Kier alpha value is -0.800. The van der Waals surface area contributed by atoms with Gasteiger partial charge in [0.2, 0.25) is 0 Å². The molecule has 0 aromatic rings. The Morgan fingerprint density at radius 2 is 1.40 bits per heavy atom. The SMILES string of the molecule is CCC=CCC=CCC=CCCCCCCC(CC)C(=O)[P+](O)(O)O. The Morgan fingerprint density at radius 3 is 1.96 bits per heavy atom. The van der Waals surface area contributed by atoms with Crippen LogP contribution in [0.25, 0.3) is 0 Å². The molecule has 0 aromatic carbocycles. The van der Waals surface area contributed by atoms with E-state index in [0.717, 1.165) is 51.4 Å². The van der Waals surface area contributed by atoms with Gasteiger partial charge in [0.05, 0.1) is 5.92 Å². The van der Waals surface area contributed by atoms with Gasteiger partial charge in [-0.1, -0.05) is 69.6 Å². The molecule has 5 heteroatoms. The highest BCUT2D eigenvalue weighted by Crippen LogP contribution is 2.49. The van der Waals surface area contributed by atoms with E-state index in [0.29, 0.717) is 12.8 Å². The molecule has 0 saturated heterocycles. The Labute approximate surface area is 153 Å². The number of unbranched alkanes of at least 4 members (excludes halogenated alkanes) is 4. The van der Waals surface area contributed by atoms with Crippen molar-refractivity contribution >= 4 is 13.5 Å². The quantitative estimate of drug-likeness (QED) is 0.202. The molecule has 4 nitrogen and oxygen atoms in total. The van der Waals surface area contributed by atoms with Crippen LogP contribution in [0.4, 0.5) is 0 Å². The van der Waals surface area contributed by atoms with Gasteiger partial charge in [-0.05, 0) is 44.9 Å². The number of carbonyl (C=O) groups is 1. The van der Waals surface area contributed by atoms with Crippen LogP contribution in [0.3, 0.4) is 0 Å². The molecule has 1 atom stereocenters. The maximum Gasteiger partial charge on any atom is 0.478 e. The van der Waals surface area contributed by atoms with Gasteiger partial charge >= 0.3 is 13.5 Å². The standard InChI is InChI=1S/C20H36O4P/c1-3-5-6-7-8-9-10-11-12-13-14-15-16-17-18-19(4-2)20(21)25(22,23)24/h5-6,8-9,11-12,19,22-24H,3-4,7,10,13-18H2,1-2H3/q+1. The van der Waals surface area contributed by atoms with Crippen LogP contribution in [0, 0.1) is 5.92 Å². The summed E-state index contributed by atoms with van der Waals surface area (Å²) in [7, 11) is -4.32. The second kappa shape index (κ2) is 15.5. The molecule has 3 N–H and O–H groups in total. The van der Waals surface area contributed by atoms with Crippen molar-refractivity contribution in [2.75, 3.05) is 0 Å². The van der Waals surface area contributed by atoms with Gasteiger partial charge in [-0.25, -0.2) is 4.79 Å². The Balaban J connectivity index is 3.65. The van der Waals surface area contributed by atoms with E-state index in [1.165, 1.54) is 0 Å². The predicted octanol–water partition coefficient (Wildman–Crippen LogP) is 5.48. The summed E-state index contributed by atoms with van der Waals surface area (Å²) >= 11 is 0. The normalized spacial score (nSPS) is 14.1. The van der Waals surface area contributed by atoms with Gasteiger partial charge < -0.3 is 0 Å². The van der Waals surface area contributed by atoms with Gasteiger partial charge in [0.1, 0.15) is 0 Å². The van der Waals surface area contributed by atoms with E-state index >= 15 is 0 Å². The van der Waals surface area contributed by atoms with E-state index in [1.54, 1.807) is 0 Å². The lowest BCUT2D eigenvalue weighted by molar-refractivity contribution is -0.118. The minimum atomic E-state index is -4.32. The molecule has 0 amide bonds. The fraction of sp³-hybridized carbons (Fsp3) is 0.650. The monoisotopic (exact) mass is 371 g/mol. The predicted molar refractivity (Wildman–Crippen MR) is 107 cm³/mol. The lowest BCUT2D eigenvalue weighted by atomic mass is 9.99. The Kier molecular flexibility index (Phi) is 15.0. The molecule has 25 heavy (non-hydrogen) atoms. The second-order valence-corrected chi connectivity index (χ2v) is 7.87. The van der Waals surface area contributed by atoms with E-state index in [2.05, 4.69) is 43.4 Å². The smallest absolute Gasteiger partial charge is 0.243 e. The van der Waals surface area contributed by atoms with Crippen LogP contribution in [0.15, 0.2) is 36.5 Å². The highest BCUT2D eigenvalue weighted by molar-refractivity contribution is 7.76. The fourth-order valence-electron chi connectivity index (χ4n) is 2.58. The molecular weight excluding hydrogens is 335 g/mol. The van der Waals surface area contributed by atoms with E-state index < -0.39 is 19.4 Å². The van der Waals surface area contributed by atoms with Gasteiger partial charge in [-0.15, -0.1) is 0 Å². The number of hydrogen-bond donors (Lipinski definition) is 3. The molecule has 0 aromatic heterocycles. The summed E-state index contributed by atoms with van der Waals surface area (Å²) in [4.78, 5) is 38.8. The topological polar surface area (TPSA) is 77.8 Å². The summed E-state index contributed by atoms with van der Waals surface area (Å²) in [5.74, 6) is -0.438. The Morgan fingerprint density at radius 1 is 0.840 bits per heavy atom. The van der Waals surface area contributed by atoms with Crippen molar-refractivity contribution in [2.24, 2.45) is 5.92 Å². The summed E-state index contributed by atoms with van der Waals surface area (Å²) in [5, 5.41) is 0. The largest absolute Gasteiger partial charge is 0.478 e. The zero-order chi connectivity index (χ0) is 19.0. The third-order valence-electron chi connectivity index (χ3n) is 4.09. The van der Waals surface area contributed by atoms with Gasteiger partial charge in [0.25, 0.3) is 0 Å². The molecule has 0 saturated carbocycles. The molecule has 0 bridgehead atoms. The third-order valence-corrected chi connectivity index (χ3v) is 5.05. The van der Waals surface area contributed by atoms with Crippen LogP contribution < -0.4 is 0 Å². The number of allylic oxidation sites excluding steroid dienone is 6. The lowest BCUT2D eigenvalue weighted by Gasteiger charge is -2.12. The molecule has 0 aliphatic rings. The third kappa shape index (κ3) is 14.1. The molecule has 0 radical (unpaired) electrons. The summed E-state index contributed by atoms with van der Waals surface area (Å²) in [5.41, 5.74) is -0.781. The first-order chi connectivity index (χ1) is 11.9. The van der Waals surface area contributed by atoms with Crippen molar-refractivity contribution in [2.45, 2.75) is 78.1 Å². The highest BCUT2D eigenvalue weighted by atomic mass is 31.2. The minimum absolute atomic E-state index is 0.438. The van der Waals surface area contributed by atoms with Gasteiger partial charge in [0.15, 0.2) is 0 Å². The minimum Gasteiger partial charge on any atom is -0.243 e. The van der Waals surface area contributed by atoms with Gasteiger partial charge in [0, 0.05) is 0 Å². The maximum absolute atomic E-state index is 11.6.